The molecule has 174 valence electrons. The number of amides is 2. The lowest BCUT2D eigenvalue weighted by Crippen LogP contribution is -2.48. The maximum Gasteiger partial charge on any atom is 0.325 e. The molecule has 5 rings (SSSR count). The van der Waals surface area contributed by atoms with Gasteiger partial charge < -0.3 is 15.0 Å². The smallest absolute Gasteiger partial charge is 0.325 e. The third kappa shape index (κ3) is 5.57. The van der Waals surface area contributed by atoms with E-state index in [1.807, 2.05) is 0 Å². The van der Waals surface area contributed by atoms with Gasteiger partial charge in [0.2, 0.25) is 5.91 Å². The van der Waals surface area contributed by atoms with E-state index in [0.717, 1.165) is 42.6 Å². The van der Waals surface area contributed by atoms with E-state index >= 15 is 0 Å². The van der Waals surface area contributed by atoms with Crippen LogP contribution in [0.25, 0.3) is 0 Å². The summed E-state index contributed by atoms with van der Waals surface area (Å²) < 4.78 is 5.06. The molecule has 0 aromatic heterocycles. The molecule has 0 saturated heterocycles. The second-order valence-electron chi connectivity index (χ2n) is 10.0. The molecule has 4 saturated carbocycles. The average Bonchev–Trinajstić information content (AvgIpc) is 2.71. The summed E-state index contributed by atoms with van der Waals surface area (Å²) in [5, 5.41) is 3.56. The summed E-state index contributed by atoms with van der Waals surface area (Å²) in [6.45, 7) is -0.272. The Balaban J connectivity index is 1.17. The zero-order valence-electron chi connectivity index (χ0n) is 18.4. The predicted molar refractivity (Wildman–Crippen MR) is 122 cm³/mol. The van der Waals surface area contributed by atoms with E-state index in [9.17, 15) is 14.4 Å². The molecule has 0 aliphatic heterocycles. The lowest BCUT2D eigenvalue weighted by atomic mass is 9.49. The van der Waals surface area contributed by atoms with Crippen LogP contribution in [-0.2, 0) is 25.7 Å². The summed E-state index contributed by atoms with van der Waals surface area (Å²) in [5.74, 6) is 1.30. The Morgan fingerprint density at radius 2 is 1.69 bits per heavy atom. The predicted octanol–water partition coefficient (Wildman–Crippen LogP) is 4.22. The van der Waals surface area contributed by atoms with Crippen LogP contribution in [0.15, 0.2) is 18.2 Å². The third-order valence-corrected chi connectivity index (χ3v) is 8.06. The third-order valence-electron chi connectivity index (χ3n) is 7.32. The zero-order chi connectivity index (χ0) is 22.9. The summed E-state index contributed by atoms with van der Waals surface area (Å²) in [6.07, 6.45) is 7.95. The van der Waals surface area contributed by atoms with Gasteiger partial charge in [-0.2, -0.15) is 0 Å². The van der Waals surface area contributed by atoms with Crippen molar-refractivity contribution in [3.8, 4) is 0 Å². The molecule has 32 heavy (non-hydrogen) atoms. The first-order chi connectivity index (χ1) is 15.2. The molecule has 2 amide bonds. The van der Waals surface area contributed by atoms with Gasteiger partial charge in [0.25, 0.3) is 5.91 Å². The molecule has 0 atom stereocenters. The van der Waals surface area contributed by atoms with Gasteiger partial charge in [-0.15, -0.1) is 0 Å². The maximum atomic E-state index is 12.5. The lowest BCUT2D eigenvalue weighted by Gasteiger charge is -2.56. The molecule has 6 nitrogen and oxygen atoms in total. The molecular formula is C24H30Cl2N2O4. The monoisotopic (exact) mass is 480 g/mol. The summed E-state index contributed by atoms with van der Waals surface area (Å²) in [5.41, 5.74) is 0.949. The molecule has 0 unspecified atom stereocenters. The van der Waals surface area contributed by atoms with Crippen molar-refractivity contribution >= 4 is 41.0 Å². The van der Waals surface area contributed by atoms with Gasteiger partial charge in [-0.3, -0.25) is 14.4 Å². The quantitative estimate of drug-likeness (QED) is 0.565. The van der Waals surface area contributed by atoms with Crippen LogP contribution in [0.5, 0.6) is 0 Å². The highest BCUT2D eigenvalue weighted by Gasteiger charge is 2.51. The SMILES string of the molecule is CN(Cc1ccc(Cl)c(Cl)c1)C(=O)COC(=O)CNC(=O)CC12CC3CC(CC(C3)C1)C2. The molecule has 4 fully saturated rings. The number of rotatable bonds is 8. The van der Waals surface area contributed by atoms with Crippen LogP contribution >= 0.6 is 23.2 Å². The van der Waals surface area contributed by atoms with Crippen molar-refractivity contribution in [1.29, 1.82) is 0 Å². The largest absolute Gasteiger partial charge is 0.454 e. The van der Waals surface area contributed by atoms with Crippen molar-refractivity contribution in [1.82, 2.24) is 10.2 Å². The fourth-order valence-corrected chi connectivity index (χ4v) is 6.70. The minimum Gasteiger partial charge on any atom is -0.454 e. The highest BCUT2D eigenvalue weighted by molar-refractivity contribution is 6.42. The molecule has 0 radical (unpaired) electrons. The van der Waals surface area contributed by atoms with Gasteiger partial charge in [-0.25, -0.2) is 0 Å². The van der Waals surface area contributed by atoms with Crippen LogP contribution in [0.3, 0.4) is 0 Å². The summed E-state index contributed by atoms with van der Waals surface area (Å²) in [6, 6.07) is 5.14. The fourth-order valence-electron chi connectivity index (χ4n) is 6.38. The van der Waals surface area contributed by atoms with Crippen LogP contribution in [0, 0.1) is 23.2 Å². The van der Waals surface area contributed by atoms with Crippen molar-refractivity contribution in [2.24, 2.45) is 23.2 Å². The number of carbonyl (C=O) groups excluding carboxylic acids is 3. The fraction of sp³-hybridized carbons (Fsp3) is 0.625. The van der Waals surface area contributed by atoms with Gasteiger partial charge in [0.05, 0.1) is 10.0 Å². The molecule has 4 bridgehead atoms. The van der Waals surface area contributed by atoms with Crippen molar-refractivity contribution in [2.75, 3.05) is 20.2 Å². The Labute approximate surface area is 198 Å². The Kier molecular flexibility index (Phi) is 7.01. The topological polar surface area (TPSA) is 75.7 Å². The number of hydrogen-bond acceptors (Lipinski definition) is 4. The van der Waals surface area contributed by atoms with Gasteiger partial charge in [-0.05, 0) is 79.4 Å². The summed E-state index contributed by atoms with van der Waals surface area (Å²) in [4.78, 5) is 38.3. The average molecular weight is 481 g/mol. The van der Waals surface area contributed by atoms with Crippen molar-refractivity contribution in [3.63, 3.8) is 0 Å². The van der Waals surface area contributed by atoms with E-state index < -0.39 is 5.97 Å². The van der Waals surface area contributed by atoms with Gasteiger partial charge in [0.15, 0.2) is 6.61 Å². The maximum absolute atomic E-state index is 12.5. The van der Waals surface area contributed by atoms with Gasteiger partial charge in [0.1, 0.15) is 6.54 Å². The number of nitrogens with zero attached hydrogens (tertiary/aromatic N) is 1. The van der Waals surface area contributed by atoms with Gasteiger partial charge in [0, 0.05) is 20.0 Å². The summed E-state index contributed by atoms with van der Waals surface area (Å²) >= 11 is 11.9. The molecule has 1 aromatic rings. The number of benzene rings is 1. The first kappa shape index (κ1) is 23.4. The van der Waals surface area contributed by atoms with Crippen LogP contribution in [0.2, 0.25) is 10.0 Å². The molecule has 4 aliphatic rings. The zero-order valence-corrected chi connectivity index (χ0v) is 19.9. The lowest BCUT2D eigenvalue weighted by molar-refractivity contribution is -0.151. The molecule has 8 heteroatoms. The molecule has 4 aliphatic carbocycles. The highest BCUT2D eigenvalue weighted by Crippen LogP contribution is 2.61. The molecule has 1 aromatic carbocycles. The number of halogens is 2. The van der Waals surface area contributed by atoms with Gasteiger partial charge in [-0.1, -0.05) is 29.3 Å². The second-order valence-corrected chi connectivity index (χ2v) is 10.8. The number of hydrogen-bond donors (Lipinski definition) is 1. The van der Waals surface area contributed by atoms with E-state index in [-0.39, 0.29) is 30.4 Å². The second kappa shape index (κ2) is 9.60. The van der Waals surface area contributed by atoms with E-state index in [4.69, 9.17) is 27.9 Å². The van der Waals surface area contributed by atoms with E-state index in [1.54, 1.807) is 25.2 Å². The van der Waals surface area contributed by atoms with E-state index in [0.29, 0.717) is 23.0 Å². The molecule has 0 spiro atoms. The Bertz CT molecular complexity index is 869. The van der Waals surface area contributed by atoms with E-state index in [2.05, 4.69) is 5.32 Å². The van der Waals surface area contributed by atoms with Crippen LogP contribution < -0.4 is 5.32 Å². The Hall–Kier alpha value is -1.79. The molecule has 0 heterocycles. The summed E-state index contributed by atoms with van der Waals surface area (Å²) in [7, 11) is 1.62. The number of esters is 1. The van der Waals surface area contributed by atoms with Gasteiger partial charge >= 0.3 is 5.97 Å². The minimum atomic E-state index is -0.611. The van der Waals surface area contributed by atoms with Crippen molar-refractivity contribution in [3.05, 3.63) is 33.8 Å². The number of carbonyl (C=O) groups is 3. The number of ether oxygens (including phenoxy) is 1. The first-order valence-corrected chi connectivity index (χ1v) is 12.1. The molecule has 1 N–H and O–H groups in total. The standard InChI is InChI=1S/C24H30Cl2N2O4/c1-28(13-15-2-3-19(25)20(26)7-15)22(30)14-32-23(31)12-27-21(29)11-24-8-16-4-17(9-24)6-18(5-16)10-24/h2-3,7,16-18H,4-6,8-14H2,1H3,(H,27,29). The molecular weight excluding hydrogens is 451 g/mol. The van der Waals surface area contributed by atoms with Crippen LogP contribution in [0.4, 0.5) is 0 Å². The normalized spacial score (nSPS) is 27.8. The van der Waals surface area contributed by atoms with E-state index in [1.165, 1.54) is 24.2 Å². The number of nitrogens with one attached hydrogen (secondary N) is 1. The Morgan fingerprint density at radius 1 is 1.06 bits per heavy atom. The van der Waals surface area contributed by atoms with Crippen molar-refractivity contribution in [2.45, 2.75) is 51.5 Å². The van der Waals surface area contributed by atoms with Crippen molar-refractivity contribution < 1.29 is 19.1 Å². The first-order valence-electron chi connectivity index (χ1n) is 11.3. The van der Waals surface area contributed by atoms with Crippen LogP contribution in [0.1, 0.15) is 50.5 Å². The highest BCUT2D eigenvalue weighted by atomic mass is 35.5. The number of likely N-dealkylation sites (N-methyl/N-ethyl adjacent to an activating group) is 1. The Morgan fingerprint density at radius 3 is 2.28 bits per heavy atom. The minimum absolute atomic E-state index is 0.0908. The van der Waals surface area contributed by atoms with Crippen LogP contribution in [-0.4, -0.2) is 42.9 Å².